The maximum absolute atomic E-state index is 11.9. The van der Waals surface area contributed by atoms with Gasteiger partial charge in [-0.15, -0.1) is 0 Å². The van der Waals surface area contributed by atoms with Crippen molar-refractivity contribution in [2.24, 2.45) is 0 Å². The Kier molecular flexibility index (Phi) is 4.62. The molecular formula is C14H17ClN2O3. The summed E-state index contributed by atoms with van der Waals surface area (Å²) >= 11 is 5.99. The zero-order chi connectivity index (χ0) is 14.7. The number of carboxylic acid groups (broad SMARTS) is 1. The molecule has 5 nitrogen and oxygen atoms in total. The fourth-order valence-corrected chi connectivity index (χ4v) is 2.53. The average Bonchev–Trinajstić information content (AvgIpc) is 2.82. The van der Waals surface area contributed by atoms with E-state index in [9.17, 15) is 9.59 Å². The second-order valence-electron chi connectivity index (χ2n) is 4.98. The topological polar surface area (TPSA) is 69.6 Å². The van der Waals surface area contributed by atoms with Crippen LogP contribution in [0.1, 0.15) is 18.4 Å². The number of benzene rings is 1. The number of carbonyl (C=O) groups is 2. The minimum Gasteiger partial charge on any atom is -0.480 e. The minimum atomic E-state index is -0.867. The molecule has 0 unspecified atom stereocenters. The standard InChI is InChI=1S/C14H17ClN2O3/c1-9-4-5-10(7-11(9)15)16-13(18)8-17-6-2-3-12(17)14(19)20/h4-5,7,12H,2-3,6,8H2,1H3,(H,16,18)(H,19,20)/t12-/m1/s1. The molecule has 0 aliphatic carbocycles. The van der Waals surface area contributed by atoms with E-state index in [0.717, 1.165) is 12.0 Å². The Labute approximate surface area is 122 Å². The molecular weight excluding hydrogens is 280 g/mol. The van der Waals surface area contributed by atoms with Crippen LogP contribution in [-0.2, 0) is 9.59 Å². The largest absolute Gasteiger partial charge is 0.480 e. The van der Waals surface area contributed by atoms with Gasteiger partial charge in [-0.05, 0) is 44.0 Å². The molecule has 0 bridgehead atoms. The molecule has 0 spiro atoms. The Morgan fingerprint density at radius 1 is 1.50 bits per heavy atom. The lowest BCUT2D eigenvalue weighted by atomic mass is 10.2. The van der Waals surface area contributed by atoms with Crippen LogP contribution in [0.25, 0.3) is 0 Å². The third-order valence-electron chi connectivity index (χ3n) is 3.45. The van der Waals surface area contributed by atoms with Crippen molar-refractivity contribution in [3.63, 3.8) is 0 Å². The number of hydrogen-bond acceptors (Lipinski definition) is 3. The van der Waals surface area contributed by atoms with Gasteiger partial charge < -0.3 is 10.4 Å². The van der Waals surface area contributed by atoms with Gasteiger partial charge in [0.2, 0.25) is 5.91 Å². The zero-order valence-electron chi connectivity index (χ0n) is 11.2. The van der Waals surface area contributed by atoms with Crippen molar-refractivity contribution in [2.75, 3.05) is 18.4 Å². The van der Waals surface area contributed by atoms with Crippen molar-refractivity contribution in [2.45, 2.75) is 25.8 Å². The van der Waals surface area contributed by atoms with E-state index in [-0.39, 0.29) is 12.5 Å². The van der Waals surface area contributed by atoms with Crippen LogP contribution in [0.2, 0.25) is 5.02 Å². The quantitative estimate of drug-likeness (QED) is 0.893. The Balaban J connectivity index is 1.95. The Hall–Kier alpha value is -1.59. The van der Waals surface area contributed by atoms with Gasteiger partial charge in [0.15, 0.2) is 0 Å². The van der Waals surface area contributed by atoms with Crippen LogP contribution in [0.5, 0.6) is 0 Å². The molecule has 2 rings (SSSR count). The fraction of sp³-hybridized carbons (Fsp3) is 0.429. The first kappa shape index (κ1) is 14.8. The van der Waals surface area contributed by atoms with Crippen LogP contribution in [-0.4, -0.2) is 41.0 Å². The highest BCUT2D eigenvalue weighted by atomic mass is 35.5. The molecule has 108 valence electrons. The van der Waals surface area contributed by atoms with Gasteiger partial charge in [0.1, 0.15) is 6.04 Å². The normalized spacial score (nSPS) is 19.0. The van der Waals surface area contributed by atoms with E-state index in [1.807, 2.05) is 13.0 Å². The molecule has 0 saturated carbocycles. The van der Waals surface area contributed by atoms with Gasteiger partial charge in [0.25, 0.3) is 0 Å². The molecule has 6 heteroatoms. The van der Waals surface area contributed by atoms with Gasteiger partial charge >= 0.3 is 5.97 Å². The second-order valence-corrected chi connectivity index (χ2v) is 5.39. The highest BCUT2D eigenvalue weighted by Gasteiger charge is 2.31. The summed E-state index contributed by atoms with van der Waals surface area (Å²) in [6.45, 7) is 2.61. The number of aliphatic carboxylic acids is 1. The molecule has 1 heterocycles. The maximum Gasteiger partial charge on any atom is 0.320 e. The van der Waals surface area contributed by atoms with Gasteiger partial charge in [0.05, 0.1) is 6.54 Å². The van der Waals surface area contributed by atoms with Crippen molar-refractivity contribution in [3.8, 4) is 0 Å². The van der Waals surface area contributed by atoms with Crippen LogP contribution in [0.3, 0.4) is 0 Å². The lowest BCUT2D eigenvalue weighted by Crippen LogP contribution is -2.40. The number of hydrogen-bond donors (Lipinski definition) is 2. The van der Waals surface area contributed by atoms with E-state index in [1.165, 1.54) is 0 Å². The second kappa shape index (κ2) is 6.24. The zero-order valence-corrected chi connectivity index (χ0v) is 12.0. The predicted molar refractivity (Wildman–Crippen MR) is 77.0 cm³/mol. The monoisotopic (exact) mass is 296 g/mol. The molecule has 1 atom stereocenters. The van der Waals surface area contributed by atoms with Crippen molar-refractivity contribution >= 4 is 29.2 Å². The van der Waals surface area contributed by atoms with Crippen molar-refractivity contribution in [3.05, 3.63) is 28.8 Å². The minimum absolute atomic E-state index is 0.0858. The first-order valence-corrected chi connectivity index (χ1v) is 6.88. The summed E-state index contributed by atoms with van der Waals surface area (Å²) in [6.07, 6.45) is 1.40. The smallest absolute Gasteiger partial charge is 0.320 e. The van der Waals surface area contributed by atoms with Crippen LogP contribution in [0, 0.1) is 6.92 Å². The number of anilines is 1. The lowest BCUT2D eigenvalue weighted by molar-refractivity contribution is -0.142. The molecule has 1 aromatic carbocycles. The number of carbonyl (C=O) groups excluding carboxylic acids is 1. The highest BCUT2D eigenvalue weighted by molar-refractivity contribution is 6.31. The first-order valence-electron chi connectivity index (χ1n) is 6.50. The first-order chi connectivity index (χ1) is 9.47. The molecule has 1 amide bonds. The Bertz CT molecular complexity index is 533. The lowest BCUT2D eigenvalue weighted by Gasteiger charge is -2.20. The molecule has 0 aromatic heterocycles. The van der Waals surface area contributed by atoms with Gasteiger partial charge in [-0.2, -0.15) is 0 Å². The van der Waals surface area contributed by atoms with Crippen LogP contribution in [0.15, 0.2) is 18.2 Å². The Morgan fingerprint density at radius 2 is 2.25 bits per heavy atom. The summed E-state index contributed by atoms with van der Waals surface area (Å²) < 4.78 is 0. The molecule has 20 heavy (non-hydrogen) atoms. The summed E-state index contributed by atoms with van der Waals surface area (Å²) in [5, 5.41) is 12.4. The van der Waals surface area contributed by atoms with E-state index >= 15 is 0 Å². The molecule has 1 aliphatic heterocycles. The molecule has 1 aromatic rings. The van der Waals surface area contributed by atoms with Gasteiger partial charge in [-0.3, -0.25) is 14.5 Å². The molecule has 0 radical (unpaired) electrons. The molecule has 1 saturated heterocycles. The summed E-state index contributed by atoms with van der Waals surface area (Å²) in [5.41, 5.74) is 1.56. The third-order valence-corrected chi connectivity index (χ3v) is 3.86. The number of nitrogens with zero attached hydrogens (tertiary/aromatic N) is 1. The summed E-state index contributed by atoms with van der Waals surface area (Å²) in [7, 11) is 0. The number of likely N-dealkylation sites (tertiary alicyclic amines) is 1. The molecule has 1 aliphatic rings. The number of aryl methyl sites for hydroxylation is 1. The SMILES string of the molecule is Cc1ccc(NC(=O)CN2CCC[C@@H]2C(=O)O)cc1Cl. The number of amides is 1. The van der Waals surface area contributed by atoms with Gasteiger partial charge in [-0.1, -0.05) is 17.7 Å². The number of rotatable bonds is 4. The van der Waals surface area contributed by atoms with Gasteiger partial charge in [0, 0.05) is 10.7 Å². The van der Waals surface area contributed by atoms with E-state index < -0.39 is 12.0 Å². The van der Waals surface area contributed by atoms with E-state index in [2.05, 4.69) is 5.32 Å². The number of carboxylic acids is 1. The van der Waals surface area contributed by atoms with Crippen LogP contribution >= 0.6 is 11.6 Å². The molecule has 2 N–H and O–H groups in total. The van der Waals surface area contributed by atoms with Crippen molar-refractivity contribution < 1.29 is 14.7 Å². The fourth-order valence-electron chi connectivity index (χ4n) is 2.35. The maximum atomic E-state index is 11.9. The van der Waals surface area contributed by atoms with E-state index in [4.69, 9.17) is 16.7 Å². The third kappa shape index (κ3) is 3.49. The van der Waals surface area contributed by atoms with Crippen molar-refractivity contribution in [1.29, 1.82) is 0 Å². The summed E-state index contributed by atoms with van der Waals surface area (Å²) in [4.78, 5) is 24.7. The number of halogens is 1. The van der Waals surface area contributed by atoms with E-state index in [1.54, 1.807) is 17.0 Å². The molecule has 1 fully saturated rings. The highest BCUT2D eigenvalue weighted by Crippen LogP contribution is 2.21. The Morgan fingerprint density at radius 3 is 2.90 bits per heavy atom. The van der Waals surface area contributed by atoms with Crippen molar-refractivity contribution in [1.82, 2.24) is 4.90 Å². The van der Waals surface area contributed by atoms with Crippen LogP contribution < -0.4 is 5.32 Å². The van der Waals surface area contributed by atoms with Crippen LogP contribution in [0.4, 0.5) is 5.69 Å². The van der Waals surface area contributed by atoms with E-state index in [0.29, 0.717) is 23.7 Å². The average molecular weight is 297 g/mol. The summed E-state index contributed by atoms with van der Waals surface area (Å²) in [5.74, 6) is -1.09. The van der Waals surface area contributed by atoms with Gasteiger partial charge in [-0.25, -0.2) is 0 Å². The predicted octanol–water partition coefficient (Wildman–Crippen LogP) is 2.14. The summed E-state index contributed by atoms with van der Waals surface area (Å²) in [6, 6.07) is 4.74. The number of nitrogens with one attached hydrogen (secondary N) is 1.